The third-order valence-corrected chi connectivity index (χ3v) is 5.19. The quantitative estimate of drug-likeness (QED) is 0.713. The highest BCUT2D eigenvalue weighted by Gasteiger charge is 2.25. The summed E-state index contributed by atoms with van der Waals surface area (Å²) >= 11 is 0. The average molecular weight is 379 g/mol. The number of amides is 1. The highest BCUT2D eigenvalue weighted by molar-refractivity contribution is 5.92. The number of carbonyl (C=O) groups is 1. The van der Waals surface area contributed by atoms with Crippen LogP contribution in [0.1, 0.15) is 12.8 Å². The van der Waals surface area contributed by atoms with Crippen molar-refractivity contribution in [3.8, 4) is 16.9 Å². The second-order valence-corrected chi connectivity index (χ2v) is 6.84. The Morgan fingerprint density at radius 3 is 2.57 bits per heavy atom. The van der Waals surface area contributed by atoms with Crippen molar-refractivity contribution in [3.05, 3.63) is 46.9 Å². The number of rotatable bonds is 4. The number of pyridine rings is 1. The third kappa shape index (κ3) is 3.28. The first-order valence-electron chi connectivity index (χ1n) is 9.14. The van der Waals surface area contributed by atoms with E-state index in [0.717, 1.165) is 16.9 Å². The lowest BCUT2D eigenvalue weighted by Crippen LogP contribution is -2.40. The number of H-pyrrole nitrogens is 1. The number of primary amides is 1. The summed E-state index contributed by atoms with van der Waals surface area (Å²) in [4.78, 5) is 37.9. The molecule has 3 aromatic rings. The van der Waals surface area contributed by atoms with Gasteiger partial charge in [-0.2, -0.15) is 4.98 Å². The molecule has 1 aliphatic heterocycles. The molecule has 1 amide bonds. The molecule has 1 saturated heterocycles. The normalized spacial score (nSPS) is 15.0. The average Bonchev–Trinajstić information content (AvgIpc) is 2.73. The summed E-state index contributed by atoms with van der Waals surface area (Å²) in [5, 5.41) is 0.448. The van der Waals surface area contributed by atoms with Crippen LogP contribution in [-0.2, 0) is 4.79 Å². The number of nitrogens with two attached hydrogens (primary N) is 1. The summed E-state index contributed by atoms with van der Waals surface area (Å²) in [5.74, 6) is 0.823. The van der Waals surface area contributed by atoms with Crippen molar-refractivity contribution in [2.75, 3.05) is 25.1 Å². The van der Waals surface area contributed by atoms with Crippen LogP contribution in [0.4, 0.5) is 5.95 Å². The Kier molecular flexibility index (Phi) is 4.68. The molecule has 0 unspecified atom stereocenters. The maximum absolute atomic E-state index is 12.9. The summed E-state index contributed by atoms with van der Waals surface area (Å²) in [7, 11) is 1.61. The number of benzene rings is 1. The van der Waals surface area contributed by atoms with Crippen LogP contribution in [0.25, 0.3) is 22.2 Å². The maximum atomic E-state index is 12.9. The molecule has 28 heavy (non-hydrogen) atoms. The zero-order chi connectivity index (χ0) is 19.7. The van der Waals surface area contributed by atoms with E-state index >= 15 is 0 Å². The Morgan fingerprint density at radius 2 is 1.93 bits per heavy atom. The molecule has 8 nitrogen and oxygen atoms in total. The van der Waals surface area contributed by atoms with Gasteiger partial charge in [-0.15, -0.1) is 0 Å². The van der Waals surface area contributed by atoms with Crippen LogP contribution in [0.5, 0.6) is 5.75 Å². The number of hydrogen-bond acceptors (Lipinski definition) is 6. The Hall–Kier alpha value is -3.42. The maximum Gasteiger partial charge on any atom is 0.262 e. The zero-order valence-electron chi connectivity index (χ0n) is 15.5. The van der Waals surface area contributed by atoms with Gasteiger partial charge in [-0.25, -0.2) is 4.98 Å². The number of aromatic amines is 1. The molecule has 1 fully saturated rings. The Morgan fingerprint density at radius 1 is 1.21 bits per heavy atom. The van der Waals surface area contributed by atoms with E-state index in [-0.39, 0.29) is 17.4 Å². The predicted octanol–water partition coefficient (Wildman–Crippen LogP) is 1.70. The SMILES string of the molecule is COc1ccc(-c2ccnc3nc(N4CCC(C(N)=O)CC4)[nH]c(=O)c23)cc1. The van der Waals surface area contributed by atoms with Crippen molar-refractivity contribution < 1.29 is 9.53 Å². The van der Waals surface area contributed by atoms with E-state index < -0.39 is 0 Å². The molecule has 0 spiro atoms. The summed E-state index contributed by atoms with van der Waals surface area (Å²) in [6.07, 6.45) is 2.95. The van der Waals surface area contributed by atoms with Crippen LogP contribution in [-0.4, -0.2) is 41.1 Å². The van der Waals surface area contributed by atoms with Crippen molar-refractivity contribution in [2.45, 2.75) is 12.8 Å². The molecule has 0 bridgehead atoms. The van der Waals surface area contributed by atoms with Gasteiger partial charge in [0.05, 0.1) is 12.5 Å². The van der Waals surface area contributed by atoms with Crippen molar-refractivity contribution in [1.29, 1.82) is 0 Å². The molecule has 3 heterocycles. The first-order chi connectivity index (χ1) is 13.6. The number of nitrogens with zero attached hydrogens (tertiary/aromatic N) is 3. The van der Waals surface area contributed by atoms with Crippen LogP contribution < -0.4 is 20.9 Å². The minimum Gasteiger partial charge on any atom is -0.497 e. The Bertz CT molecular complexity index is 1070. The molecule has 4 rings (SSSR count). The number of ether oxygens (including phenoxy) is 1. The highest BCUT2D eigenvalue weighted by Crippen LogP contribution is 2.27. The van der Waals surface area contributed by atoms with Gasteiger partial charge < -0.3 is 15.4 Å². The first-order valence-corrected chi connectivity index (χ1v) is 9.14. The highest BCUT2D eigenvalue weighted by atomic mass is 16.5. The fraction of sp³-hybridized carbons (Fsp3) is 0.300. The molecule has 1 aromatic carbocycles. The topological polar surface area (TPSA) is 114 Å². The molecule has 144 valence electrons. The number of nitrogens with one attached hydrogen (secondary N) is 1. The Balaban J connectivity index is 1.70. The summed E-state index contributed by atoms with van der Waals surface area (Å²) in [5.41, 5.74) is 7.19. The molecule has 1 aliphatic rings. The second kappa shape index (κ2) is 7.30. The van der Waals surface area contributed by atoms with Crippen LogP contribution in [0.15, 0.2) is 41.3 Å². The zero-order valence-corrected chi connectivity index (χ0v) is 15.5. The fourth-order valence-electron chi connectivity index (χ4n) is 3.59. The van der Waals surface area contributed by atoms with E-state index in [2.05, 4.69) is 15.0 Å². The van der Waals surface area contributed by atoms with E-state index in [1.807, 2.05) is 29.2 Å². The van der Waals surface area contributed by atoms with Gasteiger partial charge in [0, 0.05) is 25.2 Å². The Labute approximate surface area is 161 Å². The monoisotopic (exact) mass is 379 g/mol. The smallest absolute Gasteiger partial charge is 0.262 e. The van der Waals surface area contributed by atoms with Crippen LogP contribution in [0, 0.1) is 5.92 Å². The molecular formula is C20H21N5O3. The molecule has 2 aromatic heterocycles. The van der Waals surface area contributed by atoms with E-state index in [1.165, 1.54) is 0 Å². The molecule has 0 atom stereocenters. The van der Waals surface area contributed by atoms with Crippen molar-refractivity contribution in [2.24, 2.45) is 11.7 Å². The summed E-state index contributed by atoms with van der Waals surface area (Å²) in [6, 6.07) is 9.30. The molecule has 0 saturated carbocycles. The minimum absolute atomic E-state index is 0.122. The van der Waals surface area contributed by atoms with Crippen molar-refractivity contribution >= 4 is 22.9 Å². The predicted molar refractivity (Wildman–Crippen MR) is 106 cm³/mol. The van der Waals surface area contributed by atoms with Gasteiger partial charge in [-0.05, 0) is 42.2 Å². The molecule has 3 N–H and O–H groups in total. The van der Waals surface area contributed by atoms with E-state index in [9.17, 15) is 9.59 Å². The lowest BCUT2D eigenvalue weighted by Gasteiger charge is -2.30. The number of anilines is 1. The number of methoxy groups -OCH3 is 1. The van der Waals surface area contributed by atoms with E-state index in [4.69, 9.17) is 10.5 Å². The number of aromatic nitrogens is 3. The largest absolute Gasteiger partial charge is 0.497 e. The third-order valence-electron chi connectivity index (χ3n) is 5.19. The van der Waals surface area contributed by atoms with Crippen LogP contribution in [0.2, 0.25) is 0 Å². The second-order valence-electron chi connectivity index (χ2n) is 6.84. The van der Waals surface area contributed by atoms with E-state index in [0.29, 0.717) is 42.9 Å². The minimum atomic E-state index is -0.273. The van der Waals surface area contributed by atoms with Crippen molar-refractivity contribution in [1.82, 2.24) is 15.0 Å². The standard InChI is InChI=1S/C20H21N5O3/c1-28-14-4-2-12(3-5-14)15-6-9-22-18-16(15)19(27)24-20(23-18)25-10-7-13(8-11-25)17(21)26/h2-6,9,13H,7-8,10-11H2,1H3,(H2,21,26)(H,22,23,24,27). The van der Waals surface area contributed by atoms with Gasteiger partial charge in [0.1, 0.15) is 5.75 Å². The van der Waals surface area contributed by atoms with Crippen LogP contribution in [0.3, 0.4) is 0 Å². The molecule has 0 aliphatic carbocycles. The summed E-state index contributed by atoms with van der Waals surface area (Å²) < 4.78 is 5.19. The molecule has 0 radical (unpaired) electrons. The van der Waals surface area contributed by atoms with E-state index in [1.54, 1.807) is 19.4 Å². The molecular weight excluding hydrogens is 358 g/mol. The van der Waals surface area contributed by atoms with Gasteiger partial charge >= 0.3 is 0 Å². The van der Waals surface area contributed by atoms with Crippen LogP contribution >= 0.6 is 0 Å². The first kappa shape index (κ1) is 18.0. The number of piperidine rings is 1. The fourth-order valence-corrected chi connectivity index (χ4v) is 3.59. The van der Waals surface area contributed by atoms with Gasteiger partial charge in [-0.1, -0.05) is 12.1 Å². The number of fused-ring (bicyclic) bond motifs is 1. The lowest BCUT2D eigenvalue weighted by molar-refractivity contribution is -0.122. The lowest BCUT2D eigenvalue weighted by atomic mass is 9.96. The molecule has 8 heteroatoms. The summed E-state index contributed by atoms with van der Waals surface area (Å²) in [6.45, 7) is 1.22. The van der Waals surface area contributed by atoms with Gasteiger partial charge in [0.15, 0.2) is 5.65 Å². The van der Waals surface area contributed by atoms with Gasteiger partial charge in [0.25, 0.3) is 5.56 Å². The van der Waals surface area contributed by atoms with Crippen molar-refractivity contribution in [3.63, 3.8) is 0 Å². The number of hydrogen-bond donors (Lipinski definition) is 2. The number of carbonyl (C=O) groups excluding carboxylic acids is 1. The van der Waals surface area contributed by atoms with Gasteiger partial charge in [-0.3, -0.25) is 14.6 Å². The van der Waals surface area contributed by atoms with Gasteiger partial charge in [0.2, 0.25) is 11.9 Å².